The molecule has 3 nitrogen and oxygen atoms in total. The lowest BCUT2D eigenvalue weighted by atomic mass is 10.1. The van der Waals surface area contributed by atoms with Crippen LogP contribution in [0.2, 0.25) is 0 Å². The fourth-order valence-electron chi connectivity index (χ4n) is 1.03. The Kier molecular flexibility index (Phi) is 2.32. The molecule has 0 N–H and O–H groups in total. The van der Waals surface area contributed by atoms with Crippen molar-refractivity contribution in [2.24, 2.45) is 0 Å². The molecule has 0 saturated carbocycles. The molecule has 0 spiro atoms. The van der Waals surface area contributed by atoms with Gasteiger partial charge in [-0.3, -0.25) is 0 Å². The Morgan fingerprint density at radius 3 is 2.45 bits per heavy atom. The largest absolute Gasteiger partial charge is 0.352 e. The molecule has 0 bridgehead atoms. The van der Waals surface area contributed by atoms with Crippen LogP contribution in [0.15, 0.2) is 11.6 Å². The highest BCUT2D eigenvalue weighted by Crippen LogP contribution is 2.30. The normalized spacial score (nSPS) is 37.5. The predicted molar refractivity (Wildman–Crippen MR) is 41.1 cm³/mol. The van der Waals surface area contributed by atoms with E-state index in [0.29, 0.717) is 0 Å². The van der Waals surface area contributed by atoms with Crippen LogP contribution in [0.1, 0.15) is 13.8 Å². The van der Waals surface area contributed by atoms with Gasteiger partial charge < -0.3 is 14.2 Å². The van der Waals surface area contributed by atoms with Crippen LogP contribution in [0, 0.1) is 0 Å². The van der Waals surface area contributed by atoms with Gasteiger partial charge in [0.15, 0.2) is 12.1 Å². The maximum absolute atomic E-state index is 5.42. The molecule has 0 aromatic rings. The van der Waals surface area contributed by atoms with Crippen molar-refractivity contribution in [3.8, 4) is 0 Å². The smallest absolute Gasteiger partial charge is 0.190 e. The fraction of sp³-hybridized carbons (Fsp3) is 0.750. The van der Waals surface area contributed by atoms with Crippen molar-refractivity contribution in [2.75, 3.05) is 14.2 Å². The molecule has 0 radical (unpaired) electrons. The average molecular weight is 158 g/mol. The van der Waals surface area contributed by atoms with Crippen molar-refractivity contribution in [2.45, 2.75) is 25.9 Å². The highest BCUT2D eigenvalue weighted by atomic mass is 16.8. The number of methoxy groups -OCH3 is 2. The first-order valence-corrected chi connectivity index (χ1v) is 3.57. The van der Waals surface area contributed by atoms with Gasteiger partial charge >= 0.3 is 0 Å². The summed E-state index contributed by atoms with van der Waals surface area (Å²) in [5, 5.41) is 0. The van der Waals surface area contributed by atoms with Gasteiger partial charge in [-0.1, -0.05) is 0 Å². The predicted octanol–water partition coefficient (Wildman–Crippen LogP) is 1.30. The third kappa shape index (κ3) is 1.45. The minimum atomic E-state index is -0.597. The zero-order valence-electron chi connectivity index (χ0n) is 7.38. The number of hydrogen-bond donors (Lipinski definition) is 0. The molecule has 1 aliphatic rings. The van der Waals surface area contributed by atoms with Gasteiger partial charge in [-0.15, -0.1) is 0 Å². The second kappa shape index (κ2) is 2.93. The van der Waals surface area contributed by atoms with Gasteiger partial charge in [0.25, 0.3) is 0 Å². The van der Waals surface area contributed by atoms with Crippen LogP contribution in [-0.4, -0.2) is 26.3 Å². The van der Waals surface area contributed by atoms with Crippen molar-refractivity contribution < 1.29 is 14.2 Å². The molecular formula is C8H14O3. The van der Waals surface area contributed by atoms with Gasteiger partial charge in [0.2, 0.25) is 0 Å². The monoisotopic (exact) mass is 158 g/mol. The summed E-state index contributed by atoms with van der Waals surface area (Å²) in [6.07, 6.45) is 1.64. The fourth-order valence-corrected chi connectivity index (χ4v) is 1.03. The molecule has 64 valence electrons. The molecular weight excluding hydrogens is 144 g/mol. The van der Waals surface area contributed by atoms with Gasteiger partial charge in [-0.2, -0.15) is 0 Å². The summed E-state index contributed by atoms with van der Waals surface area (Å²) in [5.41, 5.74) is 1.05. The van der Waals surface area contributed by atoms with Crippen LogP contribution in [-0.2, 0) is 14.2 Å². The van der Waals surface area contributed by atoms with E-state index in [1.165, 1.54) is 0 Å². The zero-order chi connectivity index (χ0) is 8.48. The van der Waals surface area contributed by atoms with E-state index in [-0.39, 0.29) is 6.29 Å². The Morgan fingerprint density at radius 2 is 2.18 bits per heavy atom. The number of hydrogen-bond acceptors (Lipinski definition) is 3. The van der Waals surface area contributed by atoms with Crippen molar-refractivity contribution >= 4 is 0 Å². The molecule has 0 saturated heterocycles. The lowest BCUT2D eigenvalue weighted by Gasteiger charge is -2.24. The standard InChI is InChI=1S/C8H14O3/c1-6-5-7(9-3)11-8(6,2)10-4/h5,7H,1-4H3. The van der Waals surface area contributed by atoms with E-state index >= 15 is 0 Å². The first kappa shape index (κ1) is 8.71. The van der Waals surface area contributed by atoms with E-state index in [0.717, 1.165) is 5.57 Å². The van der Waals surface area contributed by atoms with Crippen molar-refractivity contribution in [3.63, 3.8) is 0 Å². The van der Waals surface area contributed by atoms with Crippen LogP contribution in [0.3, 0.4) is 0 Å². The van der Waals surface area contributed by atoms with E-state index in [1.807, 2.05) is 19.9 Å². The Hall–Kier alpha value is -0.380. The van der Waals surface area contributed by atoms with Crippen molar-refractivity contribution in [1.29, 1.82) is 0 Å². The molecule has 0 aliphatic carbocycles. The van der Waals surface area contributed by atoms with E-state index in [2.05, 4.69) is 0 Å². The highest BCUT2D eigenvalue weighted by molar-refractivity contribution is 5.15. The lowest BCUT2D eigenvalue weighted by Crippen LogP contribution is -2.30. The molecule has 1 heterocycles. The molecule has 0 aromatic carbocycles. The summed E-state index contributed by atoms with van der Waals surface area (Å²) in [4.78, 5) is 0. The SMILES string of the molecule is COC1C=C(C)C(C)(OC)O1. The molecule has 2 atom stereocenters. The minimum Gasteiger partial charge on any atom is -0.352 e. The highest BCUT2D eigenvalue weighted by Gasteiger charge is 2.35. The second-order valence-electron chi connectivity index (χ2n) is 2.72. The van der Waals surface area contributed by atoms with Gasteiger partial charge in [-0.25, -0.2) is 0 Å². The lowest BCUT2D eigenvalue weighted by molar-refractivity contribution is -0.236. The molecule has 0 aromatic heterocycles. The number of rotatable bonds is 2. The van der Waals surface area contributed by atoms with E-state index < -0.39 is 5.79 Å². The third-order valence-corrected chi connectivity index (χ3v) is 2.07. The molecule has 0 fully saturated rings. The maximum atomic E-state index is 5.42. The van der Waals surface area contributed by atoms with Gasteiger partial charge in [0.05, 0.1) is 0 Å². The van der Waals surface area contributed by atoms with Crippen molar-refractivity contribution in [1.82, 2.24) is 0 Å². The molecule has 11 heavy (non-hydrogen) atoms. The third-order valence-electron chi connectivity index (χ3n) is 2.07. The van der Waals surface area contributed by atoms with Crippen LogP contribution >= 0.6 is 0 Å². The van der Waals surface area contributed by atoms with Crippen LogP contribution < -0.4 is 0 Å². The van der Waals surface area contributed by atoms with Crippen LogP contribution in [0.4, 0.5) is 0 Å². The summed E-state index contributed by atoms with van der Waals surface area (Å²) in [6, 6.07) is 0. The summed E-state index contributed by atoms with van der Waals surface area (Å²) < 4.78 is 15.6. The quantitative estimate of drug-likeness (QED) is 0.567. The van der Waals surface area contributed by atoms with E-state index in [1.54, 1.807) is 14.2 Å². The molecule has 2 unspecified atom stereocenters. The Labute approximate surface area is 66.9 Å². The maximum Gasteiger partial charge on any atom is 0.190 e. The van der Waals surface area contributed by atoms with Gasteiger partial charge in [0, 0.05) is 14.2 Å². The summed E-state index contributed by atoms with van der Waals surface area (Å²) in [7, 11) is 3.23. The topological polar surface area (TPSA) is 27.7 Å². The molecule has 3 heteroatoms. The second-order valence-corrected chi connectivity index (χ2v) is 2.72. The van der Waals surface area contributed by atoms with Crippen LogP contribution in [0.25, 0.3) is 0 Å². The average Bonchev–Trinajstić information content (AvgIpc) is 2.29. The van der Waals surface area contributed by atoms with Crippen molar-refractivity contribution in [3.05, 3.63) is 11.6 Å². The summed E-state index contributed by atoms with van der Waals surface area (Å²) >= 11 is 0. The summed E-state index contributed by atoms with van der Waals surface area (Å²) in [6.45, 7) is 3.83. The Morgan fingerprint density at radius 1 is 1.55 bits per heavy atom. The first-order valence-electron chi connectivity index (χ1n) is 3.57. The molecule has 1 aliphatic heterocycles. The number of ether oxygens (including phenoxy) is 3. The minimum absolute atomic E-state index is 0.264. The Bertz CT molecular complexity index is 176. The summed E-state index contributed by atoms with van der Waals surface area (Å²) in [5.74, 6) is -0.597. The van der Waals surface area contributed by atoms with E-state index in [4.69, 9.17) is 14.2 Å². The Balaban J connectivity index is 2.70. The molecule has 1 rings (SSSR count). The van der Waals surface area contributed by atoms with Gasteiger partial charge in [0.1, 0.15) is 0 Å². The zero-order valence-corrected chi connectivity index (χ0v) is 7.38. The molecule has 0 amide bonds. The van der Waals surface area contributed by atoms with Crippen LogP contribution in [0.5, 0.6) is 0 Å². The van der Waals surface area contributed by atoms with E-state index in [9.17, 15) is 0 Å². The first-order chi connectivity index (χ1) is 5.12. The van der Waals surface area contributed by atoms with Gasteiger partial charge in [-0.05, 0) is 25.5 Å².